The summed E-state index contributed by atoms with van der Waals surface area (Å²) in [5.41, 5.74) is 5.92. The van der Waals surface area contributed by atoms with Crippen molar-refractivity contribution in [3.8, 4) is 0 Å². The van der Waals surface area contributed by atoms with E-state index in [1.807, 2.05) is 0 Å². The monoisotopic (exact) mass is 616 g/mol. The molecule has 0 saturated heterocycles. The third-order valence-electron chi connectivity index (χ3n) is 5.87. The number of aryl methyl sites for hydroxylation is 2. The Kier molecular flexibility index (Phi) is 17.2. The molecule has 0 N–H and O–H groups in total. The van der Waals surface area contributed by atoms with E-state index < -0.39 is 20.8 Å². The molecule has 0 unspecified atom stereocenters. The van der Waals surface area contributed by atoms with Gasteiger partial charge in [-0.1, -0.05) is 77.9 Å². The molecule has 4 aromatic carbocycles. The zero-order chi connectivity index (χ0) is 27.1. The first-order chi connectivity index (χ1) is 17.2. The molecule has 194 valence electrons. The molecule has 0 saturated carbocycles. The molecular weight excluding hydrogens is 575 g/mol. The van der Waals surface area contributed by atoms with Crippen LogP contribution < -0.4 is 0 Å². The number of halogens is 2. The molecule has 0 aromatic heterocycles. The van der Waals surface area contributed by atoms with Crippen LogP contribution in [0.15, 0.2) is 60.7 Å². The van der Waals surface area contributed by atoms with E-state index in [4.69, 9.17) is 17.0 Å². The Balaban J connectivity index is 0.000000296. The molecule has 4 aromatic rings. The number of fused-ring (bicyclic) bond motifs is 2. The van der Waals surface area contributed by atoms with Gasteiger partial charge in [-0.15, -0.1) is 69.1 Å². The number of benzene rings is 2. The fraction of sp³-hybridized carbons (Fsp3) is 0.438. The molecule has 0 aliphatic carbocycles. The van der Waals surface area contributed by atoms with E-state index in [9.17, 15) is 0 Å². The summed E-state index contributed by atoms with van der Waals surface area (Å²) in [5.74, 6) is 1.46. The van der Waals surface area contributed by atoms with E-state index in [2.05, 4.69) is 115 Å². The predicted octanol–water partition coefficient (Wildman–Crippen LogP) is 10.8. The summed E-state index contributed by atoms with van der Waals surface area (Å²) >= 11 is -0.826. The minimum absolute atomic E-state index is 0.732. The normalized spacial score (nSPS) is 10.3. The van der Waals surface area contributed by atoms with Crippen molar-refractivity contribution in [3.63, 3.8) is 0 Å². The minimum atomic E-state index is -0.826. The van der Waals surface area contributed by atoms with Crippen molar-refractivity contribution in [1.82, 2.24) is 0 Å². The summed E-state index contributed by atoms with van der Waals surface area (Å²) in [4.78, 5) is 0. The van der Waals surface area contributed by atoms with Crippen LogP contribution in [-0.2, 0) is 46.5 Å². The van der Waals surface area contributed by atoms with Crippen LogP contribution in [0.25, 0.3) is 21.5 Å². The molecule has 0 nitrogen and oxygen atoms in total. The molecule has 0 atom stereocenters. The third kappa shape index (κ3) is 11.4. The van der Waals surface area contributed by atoms with E-state index in [-0.39, 0.29) is 0 Å². The number of hydrogen-bond acceptors (Lipinski definition) is 0. The molecule has 0 fully saturated rings. The van der Waals surface area contributed by atoms with Crippen LogP contribution in [0.3, 0.4) is 0 Å². The summed E-state index contributed by atoms with van der Waals surface area (Å²) < 4.78 is 0. The van der Waals surface area contributed by atoms with Gasteiger partial charge in [-0.05, 0) is 37.5 Å². The zero-order valence-electron chi connectivity index (χ0n) is 23.5. The Hall–Kier alpha value is -0.660. The van der Waals surface area contributed by atoms with Gasteiger partial charge in [-0.2, -0.15) is 12.1 Å². The van der Waals surface area contributed by atoms with Crippen molar-refractivity contribution in [3.05, 3.63) is 82.9 Å². The maximum absolute atomic E-state index is 4.93. The molecule has 0 aliphatic heterocycles. The number of rotatable bonds is 6. The zero-order valence-corrected chi connectivity index (χ0v) is 28.5. The van der Waals surface area contributed by atoms with E-state index in [0.717, 1.165) is 34.2 Å². The molecule has 4 heteroatoms. The number of hydrogen-bond donors (Lipinski definition) is 0. The summed E-state index contributed by atoms with van der Waals surface area (Å²) in [6.45, 7) is 17.9. The second kappa shape index (κ2) is 18.6. The van der Waals surface area contributed by atoms with Gasteiger partial charge in [0.2, 0.25) is 0 Å². The van der Waals surface area contributed by atoms with Crippen LogP contribution in [0.2, 0.25) is 13.1 Å². The Morgan fingerprint density at radius 1 is 0.722 bits per heavy atom. The van der Waals surface area contributed by atoms with Gasteiger partial charge in [0, 0.05) is 9.52 Å². The standard InChI is InChI=1S/2C15H19.C2H6Si.2ClH.Zr/c2*1-4-12-9-14-7-5-6-13(8-11(2)3)15(14)10-12;1-3-2;;;/h2*5-7,9-11H,4,8H2,1-3H3;1-2H3;2*1H;/q2*-1;;;;+4/p-2. The second-order valence-corrected chi connectivity index (χ2v) is 14.8. The van der Waals surface area contributed by atoms with Crippen LogP contribution in [0.4, 0.5) is 0 Å². The Bertz CT molecular complexity index is 1030. The van der Waals surface area contributed by atoms with Crippen molar-refractivity contribution in [2.75, 3.05) is 0 Å². The predicted molar refractivity (Wildman–Crippen MR) is 164 cm³/mol. The van der Waals surface area contributed by atoms with Crippen molar-refractivity contribution in [2.24, 2.45) is 11.8 Å². The Morgan fingerprint density at radius 2 is 1.06 bits per heavy atom. The molecule has 36 heavy (non-hydrogen) atoms. The average molecular weight is 619 g/mol. The van der Waals surface area contributed by atoms with E-state index in [1.165, 1.54) is 56.6 Å². The van der Waals surface area contributed by atoms with Gasteiger partial charge in [-0.3, -0.25) is 0 Å². The van der Waals surface area contributed by atoms with Gasteiger partial charge < -0.3 is 0 Å². The van der Waals surface area contributed by atoms with Crippen molar-refractivity contribution < 1.29 is 20.8 Å². The Labute approximate surface area is 242 Å². The maximum atomic E-state index is 4.93. The van der Waals surface area contributed by atoms with Crippen molar-refractivity contribution in [2.45, 2.75) is 80.3 Å². The topological polar surface area (TPSA) is 0 Å². The summed E-state index contributed by atoms with van der Waals surface area (Å²) in [6, 6.07) is 22.7. The molecule has 2 radical (unpaired) electrons. The van der Waals surface area contributed by atoms with Crippen molar-refractivity contribution in [1.29, 1.82) is 0 Å². The molecule has 0 spiro atoms. The Morgan fingerprint density at radius 3 is 1.33 bits per heavy atom. The fourth-order valence-electron chi connectivity index (χ4n) is 4.37. The van der Waals surface area contributed by atoms with Gasteiger partial charge in [0.05, 0.1) is 0 Å². The van der Waals surface area contributed by atoms with Gasteiger partial charge in [0.25, 0.3) is 0 Å². The van der Waals surface area contributed by atoms with Crippen molar-refractivity contribution >= 4 is 48.1 Å². The van der Waals surface area contributed by atoms with Gasteiger partial charge in [0.1, 0.15) is 0 Å². The molecular formula is C32H44Cl2SiZr. The van der Waals surface area contributed by atoms with E-state index in [0.29, 0.717) is 0 Å². The summed E-state index contributed by atoms with van der Waals surface area (Å²) in [6.07, 6.45) is 4.64. The third-order valence-corrected chi connectivity index (χ3v) is 5.87. The van der Waals surface area contributed by atoms with Gasteiger partial charge >= 0.3 is 37.9 Å². The fourth-order valence-corrected chi connectivity index (χ4v) is 4.37. The summed E-state index contributed by atoms with van der Waals surface area (Å²) in [5, 5.41) is 5.74. The first kappa shape index (κ1) is 33.4. The SMILES string of the molecule is CCc1cc2c(CC(C)C)cccc2[cH-]1.CCc1cc2c(CC(C)C)cccc2[cH-]1.C[Si]C.[Cl][Zr+2][Cl]. The average Bonchev–Trinajstić information content (AvgIpc) is 3.45. The van der Waals surface area contributed by atoms with Crippen LogP contribution in [-0.4, -0.2) is 9.52 Å². The van der Waals surface area contributed by atoms with E-state index in [1.54, 1.807) is 0 Å². The molecule has 0 heterocycles. The molecule has 0 aliphatic rings. The van der Waals surface area contributed by atoms with Gasteiger partial charge in [0.15, 0.2) is 0 Å². The molecule has 4 rings (SSSR count). The van der Waals surface area contributed by atoms with Crippen LogP contribution in [0.1, 0.15) is 63.8 Å². The van der Waals surface area contributed by atoms with Crippen LogP contribution >= 0.6 is 17.0 Å². The first-order valence-electron chi connectivity index (χ1n) is 13.1. The summed E-state index contributed by atoms with van der Waals surface area (Å²) in [7, 11) is 11.0. The van der Waals surface area contributed by atoms with Crippen LogP contribution in [0, 0.1) is 11.8 Å². The van der Waals surface area contributed by atoms with Gasteiger partial charge in [-0.25, -0.2) is 0 Å². The van der Waals surface area contributed by atoms with Crippen LogP contribution in [0.5, 0.6) is 0 Å². The van der Waals surface area contributed by atoms with E-state index >= 15 is 0 Å². The molecule has 0 bridgehead atoms. The first-order valence-corrected chi connectivity index (χ1v) is 21.5. The quantitative estimate of drug-likeness (QED) is 0.149. The second-order valence-electron chi connectivity index (χ2n) is 10.0. The molecule has 0 amide bonds.